The number of hydrogen-bond donors (Lipinski definition) is 3. The largest absolute Gasteiger partial charge is 0.356 e. The van der Waals surface area contributed by atoms with E-state index in [4.69, 9.17) is 0 Å². The summed E-state index contributed by atoms with van der Waals surface area (Å²) in [6, 6.07) is -1.57. The number of rotatable bonds is 6. The average Bonchev–Trinajstić information content (AvgIpc) is 3.12. The third-order valence-electron chi connectivity index (χ3n) is 8.30. The number of fused-ring (bicyclic) bond motifs is 1. The number of amides is 4. The fourth-order valence-corrected chi connectivity index (χ4v) is 6.20. The van der Waals surface area contributed by atoms with E-state index in [0.717, 1.165) is 38.5 Å². The molecule has 2 saturated heterocycles. The Morgan fingerprint density at radius 1 is 1.15 bits per heavy atom. The molecule has 4 rings (SSSR count). The highest BCUT2D eigenvalue weighted by atomic mass is 16.2. The molecule has 2 heterocycles. The van der Waals surface area contributed by atoms with Crippen LogP contribution in [0.3, 0.4) is 0 Å². The second-order valence-electron chi connectivity index (χ2n) is 10.8. The van der Waals surface area contributed by atoms with Crippen molar-refractivity contribution in [3.63, 3.8) is 0 Å². The van der Waals surface area contributed by atoms with Crippen LogP contribution in [0.2, 0.25) is 0 Å². The molecule has 4 fully saturated rings. The Hall–Kier alpha value is -2.45. The lowest BCUT2D eigenvalue weighted by atomic mass is 9.91. The number of nitrogens with zero attached hydrogens (tertiary/aromatic N) is 1. The van der Waals surface area contributed by atoms with Crippen molar-refractivity contribution in [1.29, 1.82) is 0 Å². The van der Waals surface area contributed by atoms with Gasteiger partial charge in [0.15, 0.2) is 0 Å². The fourth-order valence-electron chi connectivity index (χ4n) is 6.20. The topological polar surface area (TPSA) is 125 Å². The van der Waals surface area contributed by atoms with Gasteiger partial charge < -0.3 is 25.6 Å². The summed E-state index contributed by atoms with van der Waals surface area (Å²) >= 11 is 0. The van der Waals surface area contributed by atoms with Gasteiger partial charge in [0.1, 0.15) is 12.3 Å². The zero-order chi connectivity index (χ0) is 23.8. The van der Waals surface area contributed by atoms with Crippen LogP contribution in [-0.4, -0.2) is 66.0 Å². The van der Waals surface area contributed by atoms with Gasteiger partial charge in [0.2, 0.25) is 11.8 Å². The van der Waals surface area contributed by atoms with Crippen molar-refractivity contribution < 1.29 is 24.0 Å². The highest BCUT2D eigenvalue weighted by molar-refractivity contribution is 6.35. The predicted molar refractivity (Wildman–Crippen MR) is 120 cm³/mol. The summed E-state index contributed by atoms with van der Waals surface area (Å²) in [5, 5.41) is 8.42. The Kier molecular flexibility index (Phi) is 6.77. The van der Waals surface area contributed by atoms with Gasteiger partial charge in [-0.3, -0.25) is 19.2 Å². The van der Waals surface area contributed by atoms with Crippen LogP contribution < -0.4 is 16.0 Å². The minimum absolute atomic E-state index is 0.0112. The maximum absolute atomic E-state index is 13.3. The van der Waals surface area contributed by atoms with Crippen LogP contribution >= 0.6 is 0 Å². The molecule has 0 spiro atoms. The van der Waals surface area contributed by atoms with Gasteiger partial charge in [0, 0.05) is 25.0 Å². The van der Waals surface area contributed by atoms with E-state index in [0.29, 0.717) is 25.8 Å². The predicted octanol–water partition coefficient (Wildman–Crippen LogP) is 0.518. The third kappa shape index (κ3) is 4.77. The Balaban J connectivity index is 1.41. The Morgan fingerprint density at radius 3 is 2.55 bits per heavy atom. The van der Waals surface area contributed by atoms with E-state index in [9.17, 15) is 24.0 Å². The molecule has 4 amide bonds. The normalized spacial score (nSPS) is 31.7. The molecule has 2 aliphatic carbocycles. The van der Waals surface area contributed by atoms with Crippen LogP contribution in [0.4, 0.5) is 0 Å². The van der Waals surface area contributed by atoms with Gasteiger partial charge in [-0.25, -0.2) is 0 Å². The minimum atomic E-state index is -0.805. The van der Waals surface area contributed by atoms with Crippen molar-refractivity contribution in [3.05, 3.63) is 0 Å². The van der Waals surface area contributed by atoms with Gasteiger partial charge in [-0.2, -0.15) is 0 Å². The lowest BCUT2D eigenvalue weighted by Crippen LogP contribution is -2.56. The first kappa shape index (κ1) is 23.7. The number of carbonyl (C=O) groups is 5. The summed E-state index contributed by atoms with van der Waals surface area (Å²) in [5.74, 6) is -2.04. The number of carbonyl (C=O) groups excluding carboxylic acids is 5. The lowest BCUT2D eigenvalue weighted by molar-refractivity contribution is -0.150. The Morgan fingerprint density at radius 2 is 1.88 bits per heavy atom. The molecule has 0 aromatic heterocycles. The molecule has 33 heavy (non-hydrogen) atoms. The zero-order valence-corrected chi connectivity index (χ0v) is 19.6. The van der Waals surface area contributed by atoms with Crippen molar-refractivity contribution >= 4 is 29.9 Å². The molecule has 3 N–H and O–H groups in total. The van der Waals surface area contributed by atoms with Crippen molar-refractivity contribution in [2.45, 2.75) is 83.3 Å². The van der Waals surface area contributed by atoms with Crippen molar-refractivity contribution in [1.82, 2.24) is 20.9 Å². The quantitative estimate of drug-likeness (QED) is 0.394. The number of piperidine rings is 2. The maximum Gasteiger partial charge on any atom is 0.312 e. The molecule has 5 atom stereocenters. The van der Waals surface area contributed by atoms with Crippen molar-refractivity contribution in [2.75, 3.05) is 13.1 Å². The summed E-state index contributed by atoms with van der Waals surface area (Å²) in [5.41, 5.74) is -0.0986. The van der Waals surface area contributed by atoms with Gasteiger partial charge in [-0.1, -0.05) is 33.1 Å². The lowest BCUT2D eigenvalue weighted by Gasteiger charge is -2.31. The summed E-state index contributed by atoms with van der Waals surface area (Å²) in [6.45, 7) is 5.13. The highest BCUT2D eigenvalue weighted by Crippen LogP contribution is 2.64. The maximum atomic E-state index is 13.3. The number of aldehydes is 1. The van der Waals surface area contributed by atoms with E-state index in [-0.39, 0.29) is 41.5 Å². The molecule has 0 unspecified atom stereocenters. The highest BCUT2D eigenvalue weighted by Gasteiger charge is 2.69. The molecule has 2 aliphatic heterocycles. The third-order valence-corrected chi connectivity index (χ3v) is 8.30. The van der Waals surface area contributed by atoms with Gasteiger partial charge in [-0.15, -0.1) is 0 Å². The molecule has 9 heteroatoms. The molecule has 182 valence electrons. The van der Waals surface area contributed by atoms with Crippen molar-refractivity contribution in [2.24, 2.45) is 23.2 Å². The average molecular weight is 461 g/mol. The van der Waals surface area contributed by atoms with E-state index < -0.39 is 29.8 Å². The van der Waals surface area contributed by atoms with Crippen LogP contribution in [0, 0.1) is 23.2 Å². The minimum Gasteiger partial charge on any atom is -0.356 e. The second-order valence-corrected chi connectivity index (χ2v) is 10.8. The van der Waals surface area contributed by atoms with E-state index in [1.165, 1.54) is 4.90 Å². The summed E-state index contributed by atoms with van der Waals surface area (Å²) in [7, 11) is 0. The summed E-state index contributed by atoms with van der Waals surface area (Å²) in [4.78, 5) is 64.2. The zero-order valence-electron chi connectivity index (χ0n) is 19.6. The molecule has 4 aliphatic rings. The van der Waals surface area contributed by atoms with Gasteiger partial charge >= 0.3 is 11.8 Å². The molecule has 0 aromatic rings. The fraction of sp³-hybridized carbons (Fsp3) is 0.792. The monoisotopic (exact) mass is 460 g/mol. The van der Waals surface area contributed by atoms with Crippen LogP contribution in [-0.2, 0) is 24.0 Å². The SMILES string of the molecule is CC1(C)[C@@H]2[C@@H](C(=O)N[C@H](C=O)C[C@@H]3CCCNC3=O)N(C(=O)C(=O)NC3CCCCC3)C[C@@H]21. The van der Waals surface area contributed by atoms with E-state index in [2.05, 4.69) is 29.8 Å². The summed E-state index contributed by atoms with van der Waals surface area (Å²) in [6.07, 6.45) is 7.39. The van der Waals surface area contributed by atoms with Gasteiger partial charge in [0.05, 0.1) is 6.04 Å². The van der Waals surface area contributed by atoms with Crippen molar-refractivity contribution in [3.8, 4) is 0 Å². The van der Waals surface area contributed by atoms with Gasteiger partial charge in [0.25, 0.3) is 0 Å². The molecular weight excluding hydrogens is 424 g/mol. The standard InChI is InChI=1S/C24H36N4O5/c1-24(2)17-12-28(23(33)22(32)26-15-8-4-3-5-9-15)19(18(17)24)21(31)27-16(13-29)11-14-7-6-10-25-20(14)30/h13-19H,3-12H2,1-2H3,(H,25,30)(H,26,32)(H,27,31)/t14-,16-,17-,18-,19-/m0/s1. The first-order valence-corrected chi connectivity index (χ1v) is 12.4. The second kappa shape index (κ2) is 9.43. The van der Waals surface area contributed by atoms with E-state index in [1.54, 1.807) is 0 Å². The van der Waals surface area contributed by atoms with Crippen LogP contribution in [0.1, 0.15) is 65.2 Å². The van der Waals surface area contributed by atoms with Crippen LogP contribution in [0.15, 0.2) is 0 Å². The first-order valence-electron chi connectivity index (χ1n) is 12.4. The molecule has 0 bridgehead atoms. The number of nitrogens with one attached hydrogen (secondary N) is 3. The molecule has 0 radical (unpaired) electrons. The number of hydrogen-bond acceptors (Lipinski definition) is 5. The summed E-state index contributed by atoms with van der Waals surface area (Å²) < 4.78 is 0. The molecule has 0 aromatic carbocycles. The smallest absolute Gasteiger partial charge is 0.312 e. The van der Waals surface area contributed by atoms with E-state index >= 15 is 0 Å². The van der Waals surface area contributed by atoms with Crippen LogP contribution in [0.25, 0.3) is 0 Å². The first-order chi connectivity index (χ1) is 15.7. The van der Waals surface area contributed by atoms with E-state index in [1.807, 2.05) is 0 Å². The molecule has 2 saturated carbocycles. The molecular formula is C24H36N4O5. The molecule has 9 nitrogen and oxygen atoms in total. The number of likely N-dealkylation sites (tertiary alicyclic amines) is 1. The Labute approximate surface area is 194 Å². The Bertz CT molecular complexity index is 822. The van der Waals surface area contributed by atoms with Crippen LogP contribution in [0.5, 0.6) is 0 Å². The van der Waals surface area contributed by atoms with Gasteiger partial charge in [-0.05, 0) is 49.4 Å².